The summed E-state index contributed by atoms with van der Waals surface area (Å²) in [4.78, 5) is 7.31. The van der Waals surface area contributed by atoms with Crippen LogP contribution in [0.5, 0.6) is 0 Å². The summed E-state index contributed by atoms with van der Waals surface area (Å²) in [5.74, 6) is 1.72. The van der Waals surface area contributed by atoms with Gasteiger partial charge in [0.2, 0.25) is 0 Å². The summed E-state index contributed by atoms with van der Waals surface area (Å²) >= 11 is 0. The van der Waals surface area contributed by atoms with Crippen LogP contribution in [0.4, 0.5) is 0 Å². The highest BCUT2D eigenvalue weighted by Crippen LogP contribution is 2.19. The average molecular weight is 316 g/mol. The molecule has 1 atom stereocenters. The van der Waals surface area contributed by atoms with Crippen LogP contribution in [0.3, 0.4) is 0 Å². The Morgan fingerprint density at radius 3 is 2.52 bits per heavy atom. The van der Waals surface area contributed by atoms with Gasteiger partial charge in [-0.05, 0) is 50.3 Å². The normalized spacial score (nSPS) is 18.5. The van der Waals surface area contributed by atoms with E-state index in [9.17, 15) is 0 Å². The van der Waals surface area contributed by atoms with E-state index in [1.165, 1.54) is 37.1 Å². The molecule has 4 nitrogen and oxygen atoms in total. The van der Waals surface area contributed by atoms with E-state index in [2.05, 4.69) is 60.6 Å². The van der Waals surface area contributed by atoms with E-state index in [1.807, 2.05) is 0 Å². The molecule has 0 aliphatic carbocycles. The smallest absolute Gasteiger partial charge is 0.191 e. The zero-order valence-corrected chi connectivity index (χ0v) is 14.9. The molecule has 1 aliphatic heterocycles. The van der Waals surface area contributed by atoms with E-state index in [4.69, 9.17) is 4.99 Å². The Morgan fingerprint density at radius 2 is 1.87 bits per heavy atom. The molecule has 0 aromatic heterocycles. The number of hydrogen-bond donors (Lipinski definition) is 2. The van der Waals surface area contributed by atoms with Crippen LogP contribution in [-0.4, -0.2) is 37.0 Å². The molecule has 2 rings (SSSR count). The zero-order valence-electron chi connectivity index (χ0n) is 14.9. The van der Waals surface area contributed by atoms with Gasteiger partial charge in [0.05, 0.1) is 6.54 Å². The Bertz CT molecular complexity index is 490. The molecule has 0 saturated carbocycles. The lowest BCUT2D eigenvalue weighted by atomic mass is 9.99. The van der Waals surface area contributed by atoms with Gasteiger partial charge in [0, 0.05) is 26.2 Å². The number of aliphatic imine (C=N–C) groups is 1. The Kier molecular flexibility index (Phi) is 7.40. The Hall–Kier alpha value is -1.55. The number of likely N-dealkylation sites (tertiary alicyclic amines) is 1. The highest BCUT2D eigenvalue weighted by molar-refractivity contribution is 5.79. The summed E-state index contributed by atoms with van der Waals surface area (Å²) in [5.41, 5.74) is 2.75. The van der Waals surface area contributed by atoms with Crippen molar-refractivity contribution in [3.8, 4) is 0 Å². The van der Waals surface area contributed by atoms with Crippen LogP contribution in [0, 0.1) is 5.92 Å². The first kappa shape index (κ1) is 17.8. The van der Waals surface area contributed by atoms with Gasteiger partial charge in [0.25, 0.3) is 0 Å². The second-order valence-electron chi connectivity index (χ2n) is 6.48. The lowest BCUT2D eigenvalue weighted by Crippen LogP contribution is -2.37. The van der Waals surface area contributed by atoms with Crippen molar-refractivity contribution in [1.82, 2.24) is 15.5 Å². The first-order valence-electron chi connectivity index (χ1n) is 9.04. The Labute approximate surface area is 141 Å². The van der Waals surface area contributed by atoms with Crippen LogP contribution in [0.1, 0.15) is 44.7 Å². The van der Waals surface area contributed by atoms with Crippen LogP contribution in [0.15, 0.2) is 29.3 Å². The average Bonchev–Trinajstić information content (AvgIpc) is 2.54. The molecule has 1 aromatic carbocycles. The minimum absolute atomic E-state index is 0.731. The van der Waals surface area contributed by atoms with Crippen molar-refractivity contribution < 1.29 is 0 Å². The number of piperidine rings is 1. The largest absolute Gasteiger partial charge is 0.357 e. The number of benzene rings is 1. The molecule has 23 heavy (non-hydrogen) atoms. The van der Waals surface area contributed by atoms with Gasteiger partial charge < -0.3 is 10.6 Å². The molecule has 1 aliphatic rings. The minimum Gasteiger partial charge on any atom is -0.357 e. The van der Waals surface area contributed by atoms with E-state index in [0.29, 0.717) is 0 Å². The first-order chi connectivity index (χ1) is 11.2. The topological polar surface area (TPSA) is 39.7 Å². The van der Waals surface area contributed by atoms with Crippen molar-refractivity contribution >= 4 is 5.96 Å². The third kappa shape index (κ3) is 5.87. The zero-order chi connectivity index (χ0) is 16.5. The summed E-state index contributed by atoms with van der Waals surface area (Å²) in [6.07, 6.45) is 2.70. The first-order valence-corrected chi connectivity index (χ1v) is 9.04. The molecule has 0 spiro atoms. The summed E-state index contributed by atoms with van der Waals surface area (Å²) in [6.45, 7) is 12.6. The maximum atomic E-state index is 4.72. The third-order valence-corrected chi connectivity index (χ3v) is 4.35. The van der Waals surface area contributed by atoms with Crippen molar-refractivity contribution in [2.75, 3.05) is 26.2 Å². The van der Waals surface area contributed by atoms with Gasteiger partial charge in [-0.2, -0.15) is 0 Å². The molecule has 4 heteroatoms. The van der Waals surface area contributed by atoms with Crippen molar-refractivity contribution in [1.29, 1.82) is 0 Å². The minimum atomic E-state index is 0.731. The van der Waals surface area contributed by atoms with E-state index in [0.717, 1.165) is 38.1 Å². The standard InChI is InChI=1S/C19H32N4/c1-4-20-19(21-5-2)22-13-17-10-6-7-11-18(17)15-23-12-8-9-16(3)14-23/h6-7,10-11,16H,4-5,8-9,12-15H2,1-3H3,(H2,20,21,22). The molecule has 1 heterocycles. The third-order valence-electron chi connectivity index (χ3n) is 4.35. The molecule has 0 bridgehead atoms. The second-order valence-corrected chi connectivity index (χ2v) is 6.48. The molecular weight excluding hydrogens is 284 g/mol. The lowest BCUT2D eigenvalue weighted by Gasteiger charge is -2.31. The van der Waals surface area contributed by atoms with Gasteiger partial charge in [-0.15, -0.1) is 0 Å². The quantitative estimate of drug-likeness (QED) is 0.626. The monoisotopic (exact) mass is 316 g/mol. The van der Waals surface area contributed by atoms with E-state index < -0.39 is 0 Å². The summed E-state index contributed by atoms with van der Waals surface area (Å²) < 4.78 is 0. The highest BCUT2D eigenvalue weighted by atomic mass is 15.2. The maximum Gasteiger partial charge on any atom is 0.191 e. The number of guanidine groups is 1. The van der Waals surface area contributed by atoms with Crippen LogP contribution < -0.4 is 10.6 Å². The number of nitrogens with one attached hydrogen (secondary N) is 2. The molecule has 2 N–H and O–H groups in total. The van der Waals surface area contributed by atoms with Crippen molar-refractivity contribution in [2.24, 2.45) is 10.9 Å². The van der Waals surface area contributed by atoms with Crippen LogP contribution in [0.2, 0.25) is 0 Å². The van der Waals surface area contributed by atoms with Crippen molar-refractivity contribution in [2.45, 2.75) is 46.7 Å². The van der Waals surface area contributed by atoms with E-state index in [-0.39, 0.29) is 0 Å². The van der Waals surface area contributed by atoms with E-state index >= 15 is 0 Å². The molecule has 0 amide bonds. The molecule has 1 saturated heterocycles. The van der Waals surface area contributed by atoms with Gasteiger partial charge in [0.15, 0.2) is 5.96 Å². The van der Waals surface area contributed by atoms with Gasteiger partial charge in [-0.25, -0.2) is 4.99 Å². The SMILES string of the molecule is CCNC(=NCc1ccccc1CN1CCCC(C)C1)NCC. The maximum absolute atomic E-state index is 4.72. The molecule has 1 aromatic rings. The Morgan fingerprint density at radius 1 is 1.17 bits per heavy atom. The number of rotatable bonds is 6. The second kappa shape index (κ2) is 9.56. The fourth-order valence-corrected chi connectivity index (χ4v) is 3.21. The van der Waals surface area contributed by atoms with Gasteiger partial charge in [-0.3, -0.25) is 4.90 Å². The predicted molar refractivity (Wildman–Crippen MR) is 98.6 cm³/mol. The fourth-order valence-electron chi connectivity index (χ4n) is 3.21. The molecule has 128 valence electrons. The van der Waals surface area contributed by atoms with Gasteiger partial charge in [-0.1, -0.05) is 31.2 Å². The summed E-state index contributed by atoms with van der Waals surface area (Å²) in [6, 6.07) is 8.73. The van der Waals surface area contributed by atoms with Crippen molar-refractivity contribution in [3.05, 3.63) is 35.4 Å². The summed E-state index contributed by atoms with van der Waals surface area (Å²) in [7, 11) is 0. The Balaban J connectivity index is 2.03. The van der Waals surface area contributed by atoms with Gasteiger partial charge >= 0.3 is 0 Å². The predicted octanol–water partition coefficient (Wildman–Crippen LogP) is 2.99. The van der Waals surface area contributed by atoms with Crippen LogP contribution in [-0.2, 0) is 13.1 Å². The molecule has 0 radical (unpaired) electrons. The molecule has 1 unspecified atom stereocenters. The fraction of sp³-hybridized carbons (Fsp3) is 0.632. The molecular formula is C19H32N4. The highest BCUT2D eigenvalue weighted by Gasteiger charge is 2.17. The molecule has 1 fully saturated rings. The lowest BCUT2D eigenvalue weighted by molar-refractivity contribution is 0.176. The number of nitrogens with zero attached hydrogens (tertiary/aromatic N) is 2. The summed E-state index contributed by atoms with van der Waals surface area (Å²) in [5, 5.41) is 6.58. The van der Waals surface area contributed by atoms with Crippen LogP contribution in [0.25, 0.3) is 0 Å². The van der Waals surface area contributed by atoms with E-state index in [1.54, 1.807) is 0 Å². The van der Waals surface area contributed by atoms with Gasteiger partial charge in [0.1, 0.15) is 0 Å². The van der Waals surface area contributed by atoms with Crippen molar-refractivity contribution in [3.63, 3.8) is 0 Å². The number of hydrogen-bond acceptors (Lipinski definition) is 2. The van der Waals surface area contributed by atoms with Crippen LogP contribution >= 0.6 is 0 Å².